The highest BCUT2D eigenvalue weighted by Gasteiger charge is 2.27. The summed E-state index contributed by atoms with van der Waals surface area (Å²) < 4.78 is 64.6. The van der Waals surface area contributed by atoms with E-state index in [-0.39, 0.29) is 28.7 Å². The van der Waals surface area contributed by atoms with Crippen LogP contribution in [0, 0.1) is 0 Å². The van der Waals surface area contributed by atoms with Gasteiger partial charge in [0.05, 0.1) is 24.7 Å². The molecule has 9 nitrogen and oxygen atoms in total. The minimum Gasteiger partial charge on any atom is -0.493 e. The summed E-state index contributed by atoms with van der Waals surface area (Å²) in [7, 11) is -7.53. The van der Waals surface area contributed by atoms with Gasteiger partial charge in [-0.05, 0) is 35.9 Å². The molecule has 3 heterocycles. The smallest absolute Gasteiger partial charge is 0.263 e. The van der Waals surface area contributed by atoms with Crippen LogP contribution in [0.1, 0.15) is 5.56 Å². The lowest BCUT2D eigenvalue weighted by Gasteiger charge is -2.25. The van der Waals surface area contributed by atoms with E-state index in [4.69, 9.17) is 9.47 Å². The van der Waals surface area contributed by atoms with E-state index in [1.807, 2.05) is 0 Å². The molecule has 11 heteroatoms. The van der Waals surface area contributed by atoms with Crippen LogP contribution < -0.4 is 9.46 Å². The van der Waals surface area contributed by atoms with Crippen LogP contribution in [0.4, 0.5) is 5.82 Å². The van der Waals surface area contributed by atoms with Gasteiger partial charge in [-0.2, -0.15) is 4.31 Å². The zero-order valence-corrected chi connectivity index (χ0v) is 16.5. The van der Waals surface area contributed by atoms with E-state index in [9.17, 15) is 16.8 Å². The summed E-state index contributed by atoms with van der Waals surface area (Å²) >= 11 is 0. The molecule has 1 saturated heterocycles. The number of hydrogen-bond acceptors (Lipinski definition) is 7. The number of nitrogens with one attached hydrogen (secondary N) is 1. The van der Waals surface area contributed by atoms with Crippen LogP contribution in [0.15, 0.2) is 46.3 Å². The van der Waals surface area contributed by atoms with Crippen LogP contribution >= 0.6 is 0 Å². The zero-order chi connectivity index (χ0) is 19.8. The lowest BCUT2D eigenvalue weighted by molar-refractivity contribution is 0.0730. The molecule has 1 N–H and O–H groups in total. The van der Waals surface area contributed by atoms with E-state index in [0.29, 0.717) is 32.0 Å². The van der Waals surface area contributed by atoms with Crippen molar-refractivity contribution in [3.8, 4) is 5.75 Å². The Bertz CT molecular complexity index is 1080. The number of nitrogens with zero attached hydrogens (tertiary/aromatic N) is 2. The maximum atomic E-state index is 12.6. The van der Waals surface area contributed by atoms with Gasteiger partial charge in [0.25, 0.3) is 10.0 Å². The molecule has 0 radical (unpaired) electrons. The predicted molar refractivity (Wildman–Crippen MR) is 100 cm³/mol. The number of fused-ring (bicyclic) bond motifs is 1. The van der Waals surface area contributed by atoms with E-state index < -0.39 is 20.0 Å². The van der Waals surface area contributed by atoms with Gasteiger partial charge in [0.15, 0.2) is 0 Å². The summed E-state index contributed by atoms with van der Waals surface area (Å²) in [6, 6.07) is 7.33. The molecule has 0 bridgehead atoms. The fraction of sp³-hybridized carbons (Fsp3) is 0.353. The molecule has 0 saturated carbocycles. The van der Waals surface area contributed by atoms with Crippen LogP contribution in [0.5, 0.6) is 5.75 Å². The molecular formula is C17H19N3O6S2. The fourth-order valence-corrected chi connectivity index (χ4v) is 5.47. The maximum absolute atomic E-state index is 12.6. The molecule has 28 heavy (non-hydrogen) atoms. The summed E-state index contributed by atoms with van der Waals surface area (Å²) in [4.78, 5) is 4.08. The van der Waals surface area contributed by atoms with E-state index >= 15 is 0 Å². The second-order valence-corrected chi connectivity index (χ2v) is 9.99. The number of aromatic nitrogens is 1. The van der Waals surface area contributed by atoms with Gasteiger partial charge in [-0.3, -0.25) is 4.72 Å². The first-order valence-electron chi connectivity index (χ1n) is 8.69. The maximum Gasteiger partial charge on any atom is 0.263 e. The number of rotatable bonds is 5. The van der Waals surface area contributed by atoms with Crippen molar-refractivity contribution in [2.75, 3.05) is 37.6 Å². The number of morpholine rings is 1. The minimum atomic E-state index is -3.85. The SMILES string of the molecule is O=S(=O)(Nc1ccc(S(=O)(=O)N2CCOCC2)cn1)c1ccc2c(c1)CCO2. The molecule has 1 aromatic carbocycles. The molecule has 0 amide bonds. The number of hydrogen-bond donors (Lipinski definition) is 1. The van der Waals surface area contributed by atoms with Gasteiger partial charge in [0.2, 0.25) is 10.0 Å². The van der Waals surface area contributed by atoms with Crippen molar-refractivity contribution >= 4 is 25.9 Å². The Labute approximate surface area is 163 Å². The van der Waals surface area contributed by atoms with Crippen molar-refractivity contribution < 1.29 is 26.3 Å². The van der Waals surface area contributed by atoms with E-state index in [1.54, 1.807) is 12.1 Å². The molecule has 4 rings (SSSR count). The Balaban J connectivity index is 1.52. The average Bonchev–Trinajstić information content (AvgIpc) is 3.17. The lowest BCUT2D eigenvalue weighted by atomic mass is 10.2. The lowest BCUT2D eigenvalue weighted by Crippen LogP contribution is -2.40. The van der Waals surface area contributed by atoms with Crippen molar-refractivity contribution in [3.63, 3.8) is 0 Å². The van der Waals surface area contributed by atoms with E-state index in [0.717, 1.165) is 11.8 Å². The van der Waals surface area contributed by atoms with Gasteiger partial charge in [0.1, 0.15) is 16.5 Å². The summed E-state index contributed by atoms with van der Waals surface area (Å²) in [5.74, 6) is 0.729. The highest BCUT2D eigenvalue weighted by Crippen LogP contribution is 2.28. The Morgan fingerprint density at radius 1 is 0.964 bits per heavy atom. The molecule has 2 aliphatic heterocycles. The summed E-state index contributed by atoms with van der Waals surface area (Å²) in [5, 5.41) is 0. The van der Waals surface area contributed by atoms with E-state index in [1.165, 1.54) is 22.5 Å². The number of ether oxygens (including phenoxy) is 2. The van der Waals surface area contributed by atoms with Crippen LogP contribution in [0.3, 0.4) is 0 Å². The Hall–Kier alpha value is -2.21. The minimum absolute atomic E-state index is 0.00651. The molecule has 150 valence electrons. The fourth-order valence-electron chi connectivity index (χ4n) is 3.06. The summed E-state index contributed by atoms with van der Waals surface area (Å²) in [6.07, 6.45) is 1.81. The second kappa shape index (κ2) is 7.32. The second-order valence-electron chi connectivity index (χ2n) is 6.37. The van der Waals surface area contributed by atoms with Crippen molar-refractivity contribution in [1.29, 1.82) is 0 Å². The first-order chi connectivity index (χ1) is 13.4. The molecule has 1 fully saturated rings. The van der Waals surface area contributed by atoms with Gasteiger partial charge in [-0.25, -0.2) is 21.8 Å². The molecule has 0 aliphatic carbocycles. The van der Waals surface area contributed by atoms with Gasteiger partial charge in [0, 0.05) is 25.7 Å². The monoisotopic (exact) mass is 425 g/mol. The number of benzene rings is 1. The third-order valence-electron chi connectivity index (χ3n) is 4.55. The third-order valence-corrected chi connectivity index (χ3v) is 7.79. The van der Waals surface area contributed by atoms with E-state index in [2.05, 4.69) is 9.71 Å². The summed E-state index contributed by atoms with van der Waals surface area (Å²) in [6.45, 7) is 1.77. The largest absolute Gasteiger partial charge is 0.493 e. The Kier molecular flexibility index (Phi) is 5.00. The molecule has 2 aromatic rings. The number of pyridine rings is 1. The van der Waals surface area contributed by atoms with Gasteiger partial charge in [-0.15, -0.1) is 0 Å². The predicted octanol–water partition coefficient (Wildman–Crippen LogP) is 0.838. The first kappa shape index (κ1) is 19.1. The molecule has 0 unspecified atom stereocenters. The Morgan fingerprint density at radius 2 is 1.71 bits per heavy atom. The van der Waals surface area contributed by atoms with Crippen molar-refractivity contribution in [2.24, 2.45) is 0 Å². The van der Waals surface area contributed by atoms with Gasteiger partial charge < -0.3 is 9.47 Å². The highest BCUT2D eigenvalue weighted by atomic mass is 32.2. The number of anilines is 1. The first-order valence-corrected chi connectivity index (χ1v) is 11.6. The normalized spacial score (nSPS) is 17.7. The van der Waals surface area contributed by atoms with Crippen LogP contribution in [-0.2, 0) is 31.2 Å². The van der Waals surface area contributed by atoms with Crippen LogP contribution in [0.25, 0.3) is 0 Å². The van der Waals surface area contributed by atoms with Crippen molar-refractivity contribution in [2.45, 2.75) is 16.2 Å². The van der Waals surface area contributed by atoms with Crippen molar-refractivity contribution in [3.05, 3.63) is 42.1 Å². The van der Waals surface area contributed by atoms with Crippen LogP contribution in [-0.4, -0.2) is 59.0 Å². The highest BCUT2D eigenvalue weighted by molar-refractivity contribution is 7.92. The molecule has 2 aliphatic rings. The molecule has 1 aromatic heterocycles. The van der Waals surface area contributed by atoms with Gasteiger partial charge in [-0.1, -0.05) is 0 Å². The third kappa shape index (κ3) is 3.70. The molecule has 0 spiro atoms. The molecule has 0 atom stereocenters. The molecular weight excluding hydrogens is 406 g/mol. The average molecular weight is 425 g/mol. The zero-order valence-electron chi connectivity index (χ0n) is 14.9. The number of sulfonamides is 2. The van der Waals surface area contributed by atoms with Crippen molar-refractivity contribution in [1.82, 2.24) is 9.29 Å². The van der Waals surface area contributed by atoms with Crippen LogP contribution in [0.2, 0.25) is 0 Å². The quantitative estimate of drug-likeness (QED) is 0.755. The standard InChI is InChI=1S/C17H19N3O6S2/c21-27(22,14-1-3-16-13(11-14)5-8-26-16)19-17-4-2-15(12-18-17)28(23,24)20-6-9-25-10-7-20/h1-4,11-12H,5-10H2,(H,18,19). The Morgan fingerprint density at radius 3 is 2.43 bits per heavy atom. The summed E-state index contributed by atoms with van der Waals surface area (Å²) in [5.41, 5.74) is 0.836. The topological polar surface area (TPSA) is 115 Å². The van der Waals surface area contributed by atoms with Gasteiger partial charge >= 0.3 is 0 Å².